The van der Waals surface area contributed by atoms with E-state index in [1.54, 1.807) is 36.4 Å². The molecule has 2 rings (SSSR count). The Balaban J connectivity index is 1.85. The van der Waals surface area contributed by atoms with Gasteiger partial charge in [-0.3, -0.25) is 9.59 Å². The van der Waals surface area contributed by atoms with Crippen molar-refractivity contribution in [2.45, 2.75) is 18.9 Å². The molecule has 6 nitrogen and oxygen atoms in total. The second-order valence-corrected chi connectivity index (χ2v) is 4.50. The Kier molecular flexibility index (Phi) is 4.61. The minimum atomic E-state index is -0.730. The highest BCUT2D eigenvalue weighted by atomic mass is 16.6. The maximum Gasteiger partial charge on any atom is 0.322 e. The van der Waals surface area contributed by atoms with Gasteiger partial charge in [0.2, 0.25) is 0 Å². The summed E-state index contributed by atoms with van der Waals surface area (Å²) < 4.78 is 10.1. The molecule has 0 bridgehead atoms. The van der Waals surface area contributed by atoms with Crippen LogP contribution in [0.3, 0.4) is 0 Å². The van der Waals surface area contributed by atoms with Crippen LogP contribution in [0.5, 0.6) is 5.75 Å². The van der Waals surface area contributed by atoms with Crippen molar-refractivity contribution in [3.05, 3.63) is 48.2 Å². The number of carbonyl (C=O) groups excluding carboxylic acids is 2. The van der Waals surface area contributed by atoms with Crippen LogP contribution in [-0.2, 0) is 14.3 Å². The molecule has 0 aliphatic heterocycles. The number of allylic oxidation sites excluding steroid dienone is 2. The van der Waals surface area contributed by atoms with E-state index in [0.717, 1.165) is 0 Å². The van der Waals surface area contributed by atoms with Crippen LogP contribution in [-0.4, -0.2) is 18.0 Å². The first-order valence-electron chi connectivity index (χ1n) is 6.43. The molecule has 0 fully saturated rings. The predicted molar refractivity (Wildman–Crippen MR) is 77.0 cm³/mol. The molecule has 1 aromatic carbocycles. The number of hydrogen-bond acceptors (Lipinski definition) is 6. The highest BCUT2D eigenvalue weighted by Gasteiger charge is 2.20. The molecule has 0 heterocycles. The van der Waals surface area contributed by atoms with Gasteiger partial charge in [-0.05, 0) is 18.2 Å². The molecular weight excluding hydrogens is 272 g/mol. The quantitative estimate of drug-likeness (QED) is 0.374. The van der Waals surface area contributed by atoms with Crippen LogP contribution in [0, 0.1) is 0 Å². The lowest BCUT2D eigenvalue weighted by atomic mass is 10.1. The van der Waals surface area contributed by atoms with Crippen LogP contribution in [0.15, 0.2) is 48.2 Å². The second-order valence-electron chi connectivity index (χ2n) is 4.50. The summed E-state index contributed by atoms with van der Waals surface area (Å²) in [5.41, 5.74) is 12.1. The number of para-hydroxylation sites is 2. The van der Waals surface area contributed by atoms with Crippen LogP contribution in [0.4, 0.5) is 5.69 Å². The standard InChI is InChI=1S/C15H16N2O4/c16-10-5-1-3-7-12(10)20-14(18)9-15(19)21-13-8-4-2-6-11(13)17/h1-7,13H,8-9,16-17H2. The van der Waals surface area contributed by atoms with Crippen LogP contribution in [0.2, 0.25) is 0 Å². The Hall–Kier alpha value is -2.76. The summed E-state index contributed by atoms with van der Waals surface area (Å²) in [6, 6.07) is 6.54. The maximum atomic E-state index is 11.7. The van der Waals surface area contributed by atoms with Gasteiger partial charge < -0.3 is 20.9 Å². The minimum absolute atomic E-state index is 0.218. The number of benzene rings is 1. The lowest BCUT2D eigenvalue weighted by molar-refractivity contribution is -0.152. The lowest BCUT2D eigenvalue weighted by Crippen LogP contribution is -2.27. The third-order valence-electron chi connectivity index (χ3n) is 2.85. The first-order valence-corrected chi connectivity index (χ1v) is 6.43. The first-order chi connectivity index (χ1) is 10.1. The second kappa shape index (κ2) is 6.60. The van der Waals surface area contributed by atoms with Crippen molar-refractivity contribution in [2.75, 3.05) is 5.73 Å². The summed E-state index contributed by atoms with van der Waals surface area (Å²) in [7, 11) is 0. The van der Waals surface area contributed by atoms with Gasteiger partial charge in [0.05, 0.1) is 5.69 Å². The van der Waals surface area contributed by atoms with E-state index in [1.807, 2.05) is 6.08 Å². The van der Waals surface area contributed by atoms with Crippen molar-refractivity contribution in [1.82, 2.24) is 0 Å². The third-order valence-corrected chi connectivity index (χ3v) is 2.85. The van der Waals surface area contributed by atoms with E-state index in [-0.39, 0.29) is 5.75 Å². The summed E-state index contributed by atoms with van der Waals surface area (Å²) in [5.74, 6) is -1.20. The Bertz CT molecular complexity index is 607. The molecule has 4 N–H and O–H groups in total. The molecule has 1 aromatic rings. The molecule has 0 spiro atoms. The smallest absolute Gasteiger partial charge is 0.322 e. The average Bonchev–Trinajstić information content (AvgIpc) is 2.44. The summed E-state index contributed by atoms with van der Waals surface area (Å²) in [5, 5.41) is 0. The number of rotatable bonds is 4. The van der Waals surface area contributed by atoms with Gasteiger partial charge in [0.25, 0.3) is 0 Å². The topological polar surface area (TPSA) is 105 Å². The third kappa shape index (κ3) is 4.10. The van der Waals surface area contributed by atoms with Crippen molar-refractivity contribution < 1.29 is 19.1 Å². The Labute approximate surface area is 122 Å². The fourth-order valence-electron chi connectivity index (χ4n) is 1.79. The van der Waals surface area contributed by atoms with E-state index in [9.17, 15) is 9.59 Å². The SMILES string of the molecule is NC1=CC=CCC1OC(=O)CC(=O)Oc1ccccc1N. The first kappa shape index (κ1) is 14.6. The number of hydrogen-bond donors (Lipinski definition) is 2. The maximum absolute atomic E-state index is 11.7. The van der Waals surface area contributed by atoms with Gasteiger partial charge in [-0.25, -0.2) is 0 Å². The number of carbonyl (C=O) groups is 2. The summed E-state index contributed by atoms with van der Waals surface area (Å²) >= 11 is 0. The molecule has 6 heteroatoms. The zero-order chi connectivity index (χ0) is 15.2. The molecular formula is C15H16N2O4. The monoisotopic (exact) mass is 288 g/mol. The zero-order valence-corrected chi connectivity index (χ0v) is 11.3. The number of esters is 2. The van der Waals surface area contributed by atoms with Crippen molar-refractivity contribution >= 4 is 17.6 Å². The highest BCUT2D eigenvalue weighted by molar-refractivity contribution is 5.92. The van der Waals surface area contributed by atoms with E-state index >= 15 is 0 Å². The van der Waals surface area contributed by atoms with E-state index in [0.29, 0.717) is 17.8 Å². The molecule has 1 atom stereocenters. The molecule has 1 unspecified atom stereocenters. The fourth-order valence-corrected chi connectivity index (χ4v) is 1.79. The molecule has 0 saturated heterocycles. The van der Waals surface area contributed by atoms with Crippen molar-refractivity contribution in [3.8, 4) is 5.75 Å². The molecule has 110 valence electrons. The van der Waals surface area contributed by atoms with Crippen LogP contribution in [0.25, 0.3) is 0 Å². The van der Waals surface area contributed by atoms with Crippen molar-refractivity contribution in [3.63, 3.8) is 0 Å². The van der Waals surface area contributed by atoms with Crippen LogP contribution in [0.1, 0.15) is 12.8 Å². The lowest BCUT2D eigenvalue weighted by Gasteiger charge is -2.18. The number of ether oxygens (including phenoxy) is 2. The van der Waals surface area contributed by atoms with Gasteiger partial charge in [0, 0.05) is 12.1 Å². The molecule has 21 heavy (non-hydrogen) atoms. The van der Waals surface area contributed by atoms with E-state index in [1.165, 1.54) is 0 Å². The van der Waals surface area contributed by atoms with Crippen LogP contribution < -0.4 is 16.2 Å². The van der Waals surface area contributed by atoms with E-state index in [2.05, 4.69) is 0 Å². The molecule has 0 aromatic heterocycles. The van der Waals surface area contributed by atoms with Gasteiger partial charge in [0.1, 0.15) is 12.5 Å². The molecule has 1 aliphatic rings. The number of nitrogens with two attached hydrogens (primary N) is 2. The summed E-state index contributed by atoms with van der Waals surface area (Å²) in [6.45, 7) is 0. The van der Waals surface area contributed by atoms with Crippen molar-refractivity contribution in [1.29, 1.82) is 0 Å². The number of anilines is 1. The van der Waals surface area contributed by atoms with Crippen LogP contribution >= 0.6 is 0 Å². The van der Waals surface area contributed by atoms with Gasteiger partial charge >= 0.3 is 11.9 Å². The normalized spacial score (nSPS) is 17.0. The van der Waals surface area contributed by atoms with Crippen molar-refractivity contribution in [2.24, 2.45) is 5.73 Å². The molecule has 0 amide bonds. The van der Waals surface area contributed by atoms with Gasteiger partial charge in [-0.15, -0.1) is 0 Å². The average molecular weight is 288 g/mol. The largest absolute Gasteiger partial charge is 0.455 e. The summed E-state index contributed by atoms with van der Waals surface area (Å²) in [6.07, 6.45) is 4.74. The molecule has 0 saturated carbocycles. The van der Waals surface area contributed by atoms with E-state index < -0.39 is 24.5 Å². The van der Waals surface area contributed by atoms with Gasteiger partial charge in [-0.2, -0.15) is 0 Å². The minimum Gasteiger partial charge on any atom is -0.455 e. The Morgan fingerprint density at radius 2 is 1.95 bits per heavy atom. The van der Waals surface area contributed by atoms with E-state index in [4.69, 9.17) is 20.9 Å². The predicted octanol–water partition coefficient (Wildman–Crippen LogP) is 1.28. The fraction of sp³-hybridized carbons (Fsp3) is 0.200. The Morgan fingerprint density at radius 1 is 1.19 bits per heavy atom. The highest BCUT2D eigenvalue weighted by Crippen LogP contribution is 2.20. The molecule has 0 radical (unpaired) electrons. The number of nitrogen functional groups attached to an aromatic ring is 1. The Morgan fingerprint density at radius 3 is 2.67 bits per heavy atom. The molecule has 1 aliphatic carbocycles. The summed E-state index contributed by atoms with van der Waals surface area (Å²) in [4.78, 5) is 23.3. The zero-order valence-electron chi connectivity index (χ0n) is 11.3. The van der Waals surface area contributed by atoms with Gasteiger partial charge in [-0.1, -0.05) is 24.3 Å². The van der Waals surface area contributed by atoms with Gasteiger partial charge in [0.15, 0.2) is 5.75 Å².